The van der Waals surface area contributed by atoms with Gasteiger partial charge in [-0.05, 0) is 184 Å². The molecule has 4 amide bonds. The number of benzene rings is 2. The van der Waals surface area contributed by atoms with Crippen LogP contribution in [-0.2, 0) is 60.8 Å². The molecule has 2 saturated heterocycles. The largest absolute Gasteiger partial charge is 0.460 e. The van der Waals surface area contributed by atoms with E-state index in [4.69, 9.17) is 39.9 Å². The average molecular weight is 1160 g/mol. The maximum atomic E-state index is 12.4. The summed E-state index contributed by atoms with van der Waals surface area (Å²) in [6, 6.07) is 15.1. The van der Waals surface area contributed by atoms with E-state index in [2.05, 4.69) is 48.9 Å². The number of hydrogen-bond acceptors (Lipinski definition) is 14. The molecule has 18 nitrogen and oxygen atoms in total. The smallest absolute Gasteiger partial charge is 0.407 e. The second-order valence-corrected chi connectivity index (χ2v) is 24.1. The molecular weight excluding hydrogens is 1060 g/mol. The molecule has 4 atom stereocenters. The summed E-state index contributed by atoms with van der Waals surface area (Å²) in [5.74, 6) is -0.940. The van der Waals surface area contributed by atoms with Crippen molar-refractivity contribution in [3.8, 4) is 0 Å². The van der Waals surface area contributed by atoms with Gasteiger partial charge in [0.15, 0.2) is 0 Å². The lowest BCUT2D eigenvalue weighted by Gasteiger charge is -2.34. The molecule has 0 unspecified atom stereocenters. The van der Waals surface area contributed by atoms with Crippen LogP contribution in [-0.4, -0.2) is 109 Å². The number of nitrogens with one attached hydrogen (secondary N) is 3. The van der Waals surface area contributed by atoms with Crippen molar-refractivity contribution in [2.75, 3.05) is 31.1 Å². The Morgan fingerprint density at radius 1 is 0.579 bits per heavy atom. The number of halogens is 2. The Morgan fingerprint density at radius 3 is 1.26 bits per heavy atom. The molecule has 0 saturated carbocycles. The van der Waals surface area contributed by atoms with Crippen molar-refractivity contribution in [2.45, 2.75) is 208 Å². The number of rotatable bonds is 19. The van der Waals surface area contributed by atoms with Gasteiger partial charge in [-0.2, -0.15) is 0 Å². The van der Waals surface area contributed by atoms with Crippen molar-refractivity contribution in [1.29, 1.82) is 0 Å². The van der Waals surface area contributed by atoms with Gasteiger partial charge in [0, 0.05) is 36.1 Å². The zero-order chi connectivity index (χ0) is 56.7. The maximum absolute atomic E-state index is 12.4. The second-order valence-electron chi connectivity index (χ2n) is 23.2. The summed E-state index contributed by atoms with van der Waals surface area (Å²) in [4.78, 5) is 72.9. The van der Waals surface area contributed by atoms with Crippen LogP contribution in [0.4, 0.5) is 15.3 Å². The number of primary amides is 2. The predicted octanol–water partition coefficient (Wildman–Crippen LogP) is 9.57. The van der Waals surface area contributed by atoms with E-state index in [1.165, 1.54) is 0 Å². The Balaban J connectivity index is 0.000000635. The minimum atomic E-state index is -0.630. The Bertz CT molecular complexity index is 2070. The second kappa shape index (κ2) is 32.9. The summed E-state index contributed by atoms with van der Waals surface area (Å²) >= 11 is 3.39. The van der Waals surface area contributed by atoms with Gasteiger partial charge in [0.2, 0.25) is 11.8 Å². The number of piperidine rings is 2. The molecule has 2 aliphatic heterocycles. The molecule has 2 fully saturated rings. The molecule has 76 heavy (non-hydrogen) atoms. The molecule has 20 heteroatoms. The highest BCUT2D eigenvalue weighted by Crippen LogP contribution is 2.27. The summed E-state index contributed by atoms with van der Waals surface area (Å²) in [5, 5.41) is 8.80. The Hall–Kier alpha value is -4.69. The lowest BCUT2D eigenvalue weighted by Crippen LogP contribution is -2.45. The van der Waals surface area contributed by atoms with Crippen molar-refractivity contribution in [1.82, 2.24) is 16.0 Å². The topological polar surface area (TPSA) is 249 Å². The normalized spacial score (nSPS) is 16.0. The third-order valence-corrected chi connectivity index (χ3v) is 12.0. The highest BCUT2D eigenvalue weighted by molar-refractivity contribution is 9.10. The first-order valence-corrected chi connectivity index (χ1v) is 27.0. The fourth-order valence-corrected chi connectivity index (χ4v) is 7.90. The van der Waals surface area contributed by atoms with Crippen LogP contribution < -0.4 is 32.3 Å². The third kappa shape index (κ3) is 31.5. The standard InChI is InChI=1S/C28H45N3O6.C18H27BrN2O4.C10H19NO2.ClH/c1-19(23(12-13-24(29)32)30-26(34)37-28(5,6)7)35-18-20-8-10-22(11-9-20)31-16-14-21(15-17-31)25(33)36-27(2,3)4;1-12(24-11-13-5-7-14(19)8-6-13)15(9-10-16(20)22)21-17(23)25-18(2,3)4;1-10(2,3)13-9(12)8-4-6-11-7-5-8;/h8-11,19,21,23H,12-18H2,1-7H3,(H2,29,32)(H,30,34);5-8,12,15H,9-11H2,1-4H3,(H2,20,22)(H,21,23);8,11H,4-7H2,1-3H3;1H/t19-,23+;12-,15+;;/m11../s1. The van der Waals surface area contributed by atoms with Crippen molar-refractivity contribution >= 4 is 70.0 Å². The van der Waals surface area contributed by atoms with Gasteiger partial charge in [-0.15, -0.1) is 12.4 Å². The minimum absolute atomic E-state index is 0. The first-order valence-electron chi connectivity index (χ1n) is 26.2. The zero-order valence-corrected chi connectivity index (χ0v) is 50.2. The van der Waals surface area contributed by atoms with E-state index >= 15 is 0 Å². The van der Waals surface area contributed by atoms with Crippen LogP contribution in [0, 0.1) is 11.8 Å². The van der Waals surface area contributed by atoms with E-state index in [0.29, 0.717) is 26.1 Å². The molecule has 2 aromatic carbocycles. The van der Waals surface area contributed by atoms with E-state index in [1.807, 2.05) is 91.8 Å². The highest BCUT2D eigenvalue weighted by atomic mass is 79.9. The van der Waals surface area contributed by atoms with Crippen LogP contribution in [0.15, 0.2) is 53.0 Å². The van der Waals surface area contributed by atoms with Crippen molar-refractivity contribution < 1.29 is 57.2 Å². The maximum Gasteiger partial charge on any atom is 0.407 e. The molecular formula is C56H92BrClN6O12. The number of ether oxygens (including phenoxy) is 6. The van der Waals surface area contributed by atoms with Crippen LogP contribution in [0.3, 0.4) is 0 Å². The number of esters is 2. The van der Waals surface area contributed by atoms with Crippen LogP contribution in [0.5, 0.6) is 0 Å². The van der Waals surface area contributed by atoms with Gasteiger partial charge in [0.05, 0.1) is 49.3 Å². The predicted molar refractivity (Wildman–Crippen MR) is 302 cm³/mol. The molecule has 4 rings (SSSR count). The quantitative estimate of drug-likeness (QED) is 0.0649. The number of carbonyl (C=O) groups excluding carboxylic acids is 6. The molecule has 0 bridgehead atoms. The van der Waals surface area contributed by atoms with E-state index < -0.39 is 46.8 Å². The number of alkyl carbamates (subject to hydrolysis) is 2. The van der Waals surface area contributed by atoms with Gasteiger partial charge in [0.1, 0.15) is 22.4 Å². The number of hydrogen-bond donors (Lipinski definition) is 5. The van der Waals surface area contributed by atoms with Crippen molar-refractivity contribution in [2.24, 2.45) is 23.3 Å². The van der Waals surface area contributed by atoms with E-state index in [9.17, 15) is 28.8 Å². The summed E-state index contributed by atoms with van der Waals surface area (Å²) in [6.45, 7) is 30.1. The molecule has 2 aromatic rings. The third-order valence-electron chi connectivity index (χ3n) is 11.5. The molecule has 0 radical (unpaired) electrons. The molecule has 2 heterocycles. The highest BCUT2D eigenvalue weighted by Gasteiger charge is 2.31. The van der Waals surface area contributed by atoms with Gasteiger partial charge >= 0.3 is 24.1 Å². The zero-order valence-electron chi connectivity index (χ0n) is 47.8. The monoisotopic (exact) mass is 1150 g/mol. The number of amides is 4. The van der Waals surface area contributed by atoms with Crippen molar-refractivity contribution in [3.63, 3.8) is 0 Å². The molecule has 2 aliphatic rings. The van der Waals surface area contributed by atoms with Gasteiger partial charge < -0.3 is 60.7 Å². The van der Waals surface area contributed by atoms with Crippen LogP contribution in [0.25, 0.3) is 0 Å². The van der Waals surface area contributed by atoms with E-state index in [1.54, 1.807) is 41.5 Å². The van der Waals surface area contributed by atoms with Gasteiger partial charge in [0.25, 0.3) is 0 Å². The van der Waals surface area contributed by atoms with E-state index in [-0.39, 0.29) is 72.9 Å². The average Bonchev–Trinajstić information content (AvgIpc) is 3.29. The van der Waals surface area contributed by atoms with Gasteiger partial charge in [-0.3, -0.25) is 19.2 Å². The van der Waals surface area contributed by atoms with Gasteiger partial charge in [-0.25, -0.2) is 9.59 Å². The Kier molecular flexibility index (Phi) is 30.0. The van der Waals surface area contributed by atoms with E-state index in [0.717, 1.165) is 73.1 Å². The fourth-order valence-electron chi connectivity index (χ4n) is 7.63. The lowest BCUT2D eigenvalue weighted by atomic mass is 9.96. The number of nitrogens with zero attached hydrogens (tertiary/aromatic N) is 1. The van der Waals surface area contributed by atoms with Crippen LogP contribution >= 0.6 is 28.3 Å². The number of nitrogens with two attached hydrogens (primary N) is 2. The Morgan fingerprint density at radius 2 is 0.921 bits per heavy atom. The SMILES string of the molecule is CC(C)(C)OC(=O)C1CCNCC1.C[C@@H](OCc1ccc(Br)cc1)[C@H](CCC(N)=O)NC(=O)OC(C)(C)C.C[C@@H](OCc1ccc(N2CCC(C(=O)OC(C)(C)C)CC2)cc1)[C@H](CCC(N)=O)NC(=O)OC(C)(C)C.Cl. The molecule has 0 aliphatic carbocycles. The number of carbonyl (C=O) groups is 6. The van der Waals surface area contributed by atoms with Crippen molar-refractivity contribution in [3.05, 3.63) is 64.1 Å². The Labute approximate surface area is 467 Å². The summed E-state index contributed by atoms with van der Waals surface area (Å²) < 4.78 is 34.4. The summed E-state index contributed by atoms with van der Waals surface area (Å²) in [7, 11) is 0. The number of anilines is 1. The molecule has 432 valence electrons. The van der Waals surface area contributed by atoms with Crippen LogP contribution in [0.1, 0.15) is 159 Å². The minimum Gasteiger partial charge on any atom is -0.460 e. The van der Waals surface area contributed by atoms with Gasteiger partial charge in [-0.1, -0.05) is 40.2 Å². The molecule has 0 spiro atoms. The first-order chi connectivity index (χ1) is 34.7. The summed E-state index contributed by atoms with van der Waals surface area (Å²) in [6.07, 6.45) is 2.63. The first kappa shape index (κ1) is 69.3. The fraction of sp³-hybridized carbons (Fsp3) is 0.679. The van der Waals surface area contributed by atoms with Crippen LogP contribution in [0.2, 0.25) is 0 Å². The molecule has 0 aromatic heterocycles. The summed E-state index contributed by atoms with van der Waals surface area (Å²) in [5.41, 5.74) is 11.6. The molecule has 7 N–H and O–H groups in total. The lowest BCUT2D eigenvalue weighted by molar-refractivity contribution is -0.161.